The van der Waals surface area contributed by atoms with E-state index in [0.717, 1.165) is 16.7 Å². The van der Waals surface area contributed by atoms with E-state index in [-0.39, 0.29) is 41.8 Å². The minimum Gasteiger partial charge on any atom is -0.492 e. The highest BCUT2D eigenvalue weighted by atomic mass is 32.2. The highest BCUT2D eigenvalue weighted by Crippen LogP contribution is 2.32. The number of ether oxygens (including phenoxy) is 2. The number of hydrogen-bond donors (Lipinski definition) is 1. The Balaban J connectivity index is 1.91. The summed E-state index contributed by atoms with van der Waals surface area (Å²) in [6.07, 6.45) is 0.907. The second-order valence-corrected chi connectivity index (χ2v) is 11.4. The van der Waals surface area contributed by atoms with E-state index in [1.165, 1.54) is 26.3 Å². The van der Waals surface area contributed by atoms with Crippen LogP contribution in [-0.4, -0.2) is 47.9 Å². The lowest BCUT2D eigenvalue weighted by Gasteiger charge is -2.24. The summed E-state index contributed by atoms with van der Waals surface area (Å²) in [5, 5.41) is 10.8. The average molecular weight is 586 g/mol. The number of rotatable bonds is 10. The van der Waals surface area contributed by atoms with E-state index in [1.807, 2.05) is 0 Å². The molecule has 216 valence electrons. The molecule has 0 saturated heterocycles. The van der Waals surface area contributed by atoms with E-state index in [4.69, 9.17) is 9.47 Å². The molecule has 2 aromatic carbocycles. The summed E-state index contributed by atoms with van der Waals surface area (Å²) in [4.78, 5) is 19.9. The van der Waals surface area contributed by atoms with Crippen LogP contribution in [0.5, 0.6) is 5.88 Å². The maximum atomic E-state index is 15.3. The van der Waals surface area contributed by atoms with Crippen LogP contribution in [0.1, 0.15) is 36.8 Å². The van der Waals surface area contributed by atoms with Crippen molar-refractivity contribution in [3.05, 3.63) is 99.9 Å². The third-order valence-electron chi connectivity index (χ3n) is 6.45. The SMILES string of the molecule is COCC(c1ccccc1)n1c(COC(C)C)nc(O)c(S(=O)(=O)c2ccc(-c3ccnc(F)c3C)c(F)c2)c1=O. The molecule has 0 fully saturated rings. The topological polar surface area (TPSA) is 121 Å². The van der Waals surface area contributed by atoms with Crippen molar-refractivity contribution in [3.63, 3.8) is 0 Å². The largest absolute Gasteiger partial charge is 0.492 e. The fourth-order valence-electron chi connectivity index (χ4n) is 4.40. The highest BCUT2D eigenvalue weighted by molar-refractivity contribution is 7.91. The van der Waals surface area contributed by atoms with Crippen LogP contribution in [-0.2, 0) is 25.9 Å². The molecule has 0 spiro atoms. The first kappa shape index (κ1) is 30.0. The maximum absolute atomic E-state index is 15.3. The van der Waals surface area contributed by atoms with E-state index in [2.05, 4.69) is 9.97 Å². The molecule has 1 N–H and O–H groups in total. The van der Waals surface area contributed by atoms with Crippen molar-refractivity contribution in [2.24, 2.45) is 0 Å². The standard InChI is InChI=1S/C29H29F2N3O6S/c1-17(2)40-16-25-33-28(35)26(29(36)34(25)24(15-39-4)19-8-6-5-7-9-19)41(37,38)20-10-11-22(23(30)14-20)21-12-13-32-27(31)18(21)3/h5-14,17,24,35H,15-16H2,1-4H3. The van der Waals surface area contributed by atoms with Crippen LogP contribution in [0.2, 0.25) is 0 Å². The zero-order valence-electron chi connectivity index (χ0n) is 22.8. The van der Waals surface area contributed by atoms with Gasteiger partial charge in [-0.25, -0.2) is 17.8 Å². The zero-order chi connectivity index (χ0) is 29.9. The molecule has 41 heavy (non-hydrogen) atoms. The van der Waals surface area contributed by atoms with Crippen molar-refractivity contribution in [3.8, 4) is 17.0 Å². The van der Waals surface area contributed by atoms with Gasteiger partial charge in [0.2, 0.25) is 21.7 Å². The van der Waals surface area contributed by atoms with E-state index >= 15 is 4.39 Å². The Kier molecular flexibility index (Phi) is 8.95. The van der Waals surface area contributed by atoms with Crippen LogP contribution < -0.4 is 5.56 Å². The van der Waals surface area contributed by atoms with Gasteiger partial charge >= 0.3 is 0 Å². The lowest BCUT2D eigenvalue weighted by atomic mass is 10.0. The Morgan fingerprint density at radius 1 is 1.05 bits per heavy atom. The summed E-state index contributed by atoms with van der Waals surface area (Å²) in [7, 11) is -3.37. The number of benzene rings is 2. The first-order valence-corrected chi connectivity index (χ1v) is 14.1. The summed E-state index contributed by atoms with van der Waals surface area (Å²) in [5.74, 6) is -2.84. The second-order valence-electron chi connectivity index (χ2n) is 9.52. The van der Waals surface area contributed by atoms with Crippen molar-refractivity contribution in [1.82, 2.24) is 14.5 Å². The monoisotopic (exact) mass is 585 g/mol. The first-order valence-electron chi connectivity index (χ1n) is 12.6. The van der Waals surface area contributed by atoms with Crippen molar-refractivity contribution >= 4 is 9.84 Å². The smallest absolute Gasteiger partial charge is 0.277 e. The average Bonchev–Trinajstić information content (AvgIpc) is 2.93. The van der Waals surface area contributed by atoms with Gasteiger partial charge in [0.1, 0.15) is 18.2 Å². The molecule has 4 aromatic rings. The van der Waals surface area contributed by atoms with Crippen molar-refractivity contribution in [2.45, 2.75) is 49.3 Å². The molecule has 0 amide bonds. The molecule has 0 aliphatic heterocycles. The van der Waals surface area contributed by atoms with Crippen LogP contribution in [0.3, 0.4) is 0 Å². The zero-order valence-corrected chi connectivity index (χ0v) is 23.7. The molecule has 0 radical (unpaired) electrons. The fraction of sp³-hybridized carbons (Fsp3) is 0.276. The van der Waals surface area contributed by atoms with E-state index in [0.29, 0.717) is 11.6 Å². The minimum atomic E-state index is -4.80. The summed E-state index contributed by atoms with van der Waals surface area (Å²) < 4.78 is 68.8. The van der Waals surface area contributed by atoms with Gasteiger partial charge < -0.3 is 14.6 Å². The fourth-order valence-corrected chi connectivity index (χ4v) is 5.76. The molecule has 2 heterocycles. The number of methoxy groups -OCH3 is 1. The minimum absolute atomic E-state index is 0.0252. The van der Waals surface area contributed by atoms with Gasteiger partial charge in [-0.2, -0.15) is 9.37 Å². The van der Waals surface area contributed by atoms with Crippen molar-refractivity contribution in [1.29, 1.82) is 0 Å². The van der Waals surface area contributed by atoms with Gasteiger partial charge in [0.25, 0.3) is 5.56 Å². The van der Waals surface area contributed by atoms with Gasteiger partial charge in [-0.15, -0.1) is 0 Å². The number of aromatic hydroxyl groups is 1. The maximum Gasteiger partial charge on any atom is 0.277 e. The first-order chi connectivity index (χ1) is 19.5. The lowest BCUT2D eigenvalue weighted by molar-refractivity contribution is 0.0557. The van der Waals surface area contributed by atoms with Crippen molar-refractivity contribution in [2.75, 3.05) is 13.7 Å². The molecule has 1 atom stereocenters. The number of nitrogens with zero attached hydrogens (tertiary/aromatic N) is 3. The van der Waals surface area contributed by atoms with Gasteiger partial charge in [0, 0.05) is 24.4 Å². The predicted molar refractivity (Wildman–Crippen MR) is 146 cm³/mol. The summed E-state index contributed by atoms with van der Waals surface area (Å²) >= 11 is 0. The molecule has 4 rings (SSSR count). The Morgan fingerprint density at radius 2 is 1.76 bits per heavy atom. The van der Waals surface area contributed by atoms with E-state index < -0.39 is 48.9 Å². The summed E-state index contributed by atoms with van der Waals surface area (Å²) in [6, 6.07) is 12.3. The molecule has 1 unspecified atom stereocenters. The Labute approximate surface area is 236 Å². The Hall–Kier alpha value is -4.00. The van der Waals surface area contributed by atoms with E-state index in [1.54, 1.807) is 44.2 Å². The number of sulfone groups is 1. The number of aromatic nitrogens is 3. The predicted octanol–water partition coefficient (Wildman–Crippen LogP) is 4.59. The van der Waals surface area contributed by atoms with Gasteiger partial charge in [0.15, 0.2) is 4.90 Å². The normalized spacial score (nSPS) is 12.6. The lowest BCUT2D eigenvalue weighted by Crippen LogP contribution is -2.35. The van der Waals surface area contributed by atoms with Crippen LogP contribution in [0.25, 0.3) is 11.1 Å². The number of pyridine rings is 1. The van der Waals surface area contributed by atoms with Crippen molar-refractivity contribution < 1.29 is 31.8 Å². The van der Waals surface area contributed by atoms with Crippen LogP contribution >= 0.6 is 0 Å². The summed E-state index contributed by atoms with van der Waals surface area (Å²) in [6.45, 7) is 4.71. The molecule has 0 aliphatic carbocycles. The number of hydrogen-bond acceptors (Lipinski definition) is 8. The Morgan fingerprint density at radius 3 is 2.39 bits per heavy atom. The summed E-state index contributed by atoms with van der Waals surface area (Å²) in [5.41, 5.74) is -0.259. The van der Waals surface area contributed by atoms with Gasteiger partial charge in [-0.3, -0.25) is 9.36 Å². The molecule has 0 bridgehead atoms. The molecular weight excluding hydrogens is 556 g/mol. The molecular formula is C29H29F2N3O6S. The van der Waals surface area contributed by atoms with Gasteiger partial charge in [-0.05, 0) is 50.1 Å². The molecule has 0 aliphatic rings. The van der Waals surface area contributed by atoms with E-state index in [9.17, 15) is 22.7 Å². The molecule has 0 saturated carbocycles. The molecule has 12 heteroatoms. The van der Waals surface area contributed by atoms with Gasteiger partial charge in [-0.1, -0.05) is 36.4 Å². The molecule has 9 nitrogen and oxygen atoms in total. The van der Waals surface area contributed by atoms with Gasteiger partial charge in [0.05, 0.1) is 23.6 Å². The quantitative estimate of drug-likeness (QED) is 0.268. The van der Waals surface area contributed by atoms with Crippen LogP contribution in [0, 0.1) is 18.7 Å². The third-order valence-corrected chi connectivity index (χ3v) is 8.22. The third kappa shape index (κ3) is 6.04. The second kappa shape index (κ2) is 12.2. The Bertz CT molecular complexity index is 1730. The van der Waals surface area contributed by atoms with Crippen LogP contribution in [0.4, 0.5) is 8.78 Å². The molecule has 2 aromatic heterocycles. The number of halogens is 2. The highest BCUT2D eigenvalue weighted by Gasteiger charge is 2.33. The van der Waals surface area contributed by atoms with Crippen LogP contribution in [0.15, 0.2) is 75.4 Å².